The molecular formula is C21H25N5O2. The molecule has 2 fully saturated rings. The maximum atomic E-state index is 13.5. The van der Waals surface area contributed by atoms with Crippen LogP contribution >= 0.6 is 0 Å². The SMILES string of the molecule is O=C(C1Cc2ccccc2N2CCN(c3ncccn3)CC12)N1CCOCC1. The van der Waals surface area contributed by atoms with Gasteiger partial charge < -0.3 is 19.4 Å². The summed E-state index contributed by atoms with van der Waals surface area (Å²) < 4.78 is 5.45. The van der Waals surface area contributed by atoms with Crippen molar-refractivity contribution in [2.45, 2.75) is 12.5 Å². The van der Waals surface area contributed by atoms with Gasteiger partial charge in [0.2, 0.25) is 11.9 Å². The highest BCUT2D eigenvalue weighted by Crippen LogP contribution is 2.37. The summed E-state index contributed by atoms with van der Waals surface area (Å²) in [5, 5.41) is 0. The maximum Gasteiger partial charge on any atom is 0.228 e. The topological polar surface area (TPSA) is 61.8 Å². The number of aromatic nitrogens is 2. The van der Waals surface area contributed by atoms with Gasteiger partial charge in [-0.1, -0.05) is 18.2 Å². The Morgan fingerprint density at radius 2 is 1.79 bits per heavy atom. The Bertz CT molecular complexity index is 840. The second-order valence-electron chi connectivity index (χ2n) is 7.63. The molecular weight excluding hydrogens is 354 g/mol. The van der Waals surface area contributed by atoms with Crippen LogP contribution in [0.3, 0.4) is 0 Å². The zero-order chi connectivity index (χ0) is 18.9. The molecule has 0 radical (unpaired) electrons. The average Bonchev–Trinajstić information content (AvgIpc) is 2.79. The summed E-state index contributed by atoms with van der Waals surface area (Å²) in [4.78, 5) is 28.9. The summed E-state index contributed by atoms with van der Waals surface area (Å²) >= 11 is 0. The number of carbonyl (C=O) groups is 1. The summed E-state index contributed by atoms with van der Waals surface area (Å²) in [6.45, 7) is 5.13. The maximum absolute atomic E-state index is 13.5. The molecule has 0 bridgehead atoms. The normalized spacial score (nSPS) is 24.5. The quantitative estimate of drug-likeness (QED) is 0.782. The molecule has 1 aromatic heterocycles. The van der Waals surface area contributed by atoms with Crippen LogP contribution in [0.2, 0.25) is 0 Å². The van der Waals surface area contributed by atoms with Gasteiger partial charge in [0.15, 0.2) is 0 Å². The summed E-state index contributed by atoms with van der Waals surface area (Å²) in [6, 6.07) is 10.5. The molecule has 2 saturated heterocycles. The molecule has 1 aromatic carbocycles. The van der Waals surface area contributed by atoms with Crippen LogP contribution in [0.1, 0.15) is 5.56 Å². The summed E-state index contributed by atoms with van der Waals surface area (Å²) in [7, 11) is 0. The smallest absolute Gasteiger partial charge is 0.228 e. The standard InChI is InChI=1S/C21H25N5O2/c27-20(24-10-12-28-13-11-24)17-14-16-4-1-2-5-18(16)26-9-8-25(15-19(17)26)21-22-6-3-7-23-21/h1-7,17,19H,8-15H2. The summed E-state index contributed by atoms with van der Waals surface area (Å²) in [5.41, 5.74) is 2.54. The number of nitrogens with zero attached hydrogens (tertiary/aromatic N) is 5. The van der Waals surface area contributed by atoms with Crippen LogP contribution in [-0.4, -0.2) is 72.8 Å². The Kier molecular flexibility index (Phi) is 4.60. The number of carbonyl (C=O) groups excluding carboxylic acids is 1. The van der Waals surface area contributed by atoms with Gasteiger partial charge in [-0.15, -0.1) is 0 Å². The van der Waals surface area contributed by atoms with Crippen LogP contribution in [0, 0.1) is 5.92 Å². The first-order valence-electron chi connectivity index (χ1n) is 10.0. The Morgan fingerprint density at radius 1 is 1.00 bits per heavy atom. The van der Waals surface area contributed by atoms with Crippen molar-refractivity contribution in [3.05, 3.63) is 48.3 Å². The average molecular weight is 379 g/mol. The van der Waals surface area contributed by atoms with Crippen molar-refractivity contribution < 1.29 is 9.53 Å². The number of anilines is 2. The third kappa shape index (κ3) is 3.09. The number of morpholine rings is 1. The molecule has 28 heavy (non-hydrogen) atoms. The van der Waals surface area contributed by atoms with E-state index in [4.69, 9.17) is 4.74 Å². The van der Waals surface area contributed by atoms with Crippen LogP contribution in [0.5, 0.6) is 0 Å². The van der Waals surface area contributed by atoms with Crippen LogP contribution in [0.4, 0.5) is 11.6 Å². The van der Waals surface area contributed by atoms with Crippen molar-refractivity contribution in [1.29, 1.82) is 0 Å². The van der Waals surface area contributed by atoms with Crippen molar-refractivity contribution in [3.63, 3.8) is 0 Å². The summed E-state index contributed by atoms with van der Waals surface area (Å²) in [6.07, 6.45) is 4.35. The molecule has 0 saturated carbocycles. The minimum absolute atomic E-state index is 0.0560. The molecule has 1 amide bonds. The van der Waals surface area contributed by atoms with E-state index in [1.54, 1.807) is 12.4 Å². The van der Waals surface area contributed by atoms with E-state index < -0.39 is 0 Å². The third-order valence-electron chi connectivity index (χ3n) is 6.10. The molecule has 0 spiro atoms. The zero-order valence-electron chi connectivity index (χ0n) is 15.9. The van der Waals surface area contributed by atoms with E-state index >= 15 is 0 Å². The first-order chi connectivity index (χ1) is 13.8. The van der Waals surface area contributed by atoms with Crippen molar-refractivity contribution in [2.75, 3.05) is 55.7 Å². The minimum atomic E-state index is -0.0560. The van der Waals surface area contributed by atoms with Gasteiger partial charge in [-0.05, 0) is 24.1 Å². The minimum Gasteiger partial charge on any atom is -0.378 e. The van der Waals surface area contributed by atoms with Crippen molar-refractivity contribution in [2.24, 2.45) is 5.92 Å². The molecule has 3 aliphatic rings. The summed E-state index contributed by atoms with van der Waals surface area (Å²) in [5.74, 6) is 0.946. The molecule has 146 valence electrons. The van der Waals surface area contributed by atoms with E-state index in [0.29, 0.717) is 26.3 Å². The van der Waals surface area contributed by atoms with Gasteiger partial charge in [-0.3, -0.25) is 4.79 Å². The zero-order valence-corrected chi connectivity index (χ0v) is 15.9. The lowest BCUT2D eigenvalue weighted by Gasteiger charge is -2.49. The molecule has 0 aliphatic carbocycles. The number of piperazine rings is 1. The molecule has 2 unspecified atom stereocenters. The Hall–Kier alpha value is -2.67. The highest BCUT2D eigenvalue weighted by Gasteiger charge is 2.43. The number of rotatable bonds is 2. The van der Waals surface area contributed by atoms with Crippen molar-refractivity contribution >= 4 is 17.5 Å². The number of benzene rings is 1. The van der Waals surface area contributed by atoms with Gasteiger partial charge >= 0.3 is 0 Å². The fourth-order valence-electron chi connectivity index (χ4n) is 4.70. The van der Waals surface area contributed by atoms with Crippen LogP contribution in [0.25, 0.3) is 0 Å². The molecule has 7 nitrogen and oxygen atoms in total. The highest BCUT2D eigenvalue weighted by atomic mass is 16.5. The first-order valence-corrected chi connectivity index (χ1v) is 10.0. The third-order valence-corrected chi connectivity index (χ3v) is 6.10. The van der Waals surface area contributed by atoms with Gasteiger partial charge in [-0.25, -0.2) is 9.97 Å². The molecule has 7 heteroatoms. The molecule has 2 atom stereocenters. The highest BCUT2D eigenvalue weighted by molar-refractivity contribution is 5.82. The van der Waals surface area contributed by atoms with Gasteiger partial charge in [0, 0.05) is 50.8 Å². The van der Waals surface area contributed by atoms with Crippen LogP contribution in [-0.2, 0) is 16.0 Å². The lowest BCUT2D eigenvalue weighted by Crippen LogP contribution is -2.62. The molecule has 3 aliphatic heterocycles. The second-order valence-corrected chi connectivity index (χ2v) is 7.63. The van der Waals surface area contributed by atoms with Crippen molar-refractivity contribution in [1.82, 2.24) is 14.9 Å². The lowest BCUT2D eigenvalue weighted by atomic mass is 9.83. The number of ether oxygens (including phenoxy) is 1. The first kappa shape index (κ1) is 17.4. The molecule has 5 rings (SSSR count). The van der Waals surface area contributed by atoms with Gasteiger partial charge in [0.25, 0.3) is 0 Å². The number of para-hydroxylation sites is 1. The van der Waals surface area contributed by atoms with E-state index in [9.17, 15) is 4.79 Å². The Labute approximate surface area is 164 Å². The van der Waals surface area contributed by atoms with E-state index in [1.165, 1.54) is 11.3 Å². The largest absolute Gasteiger partial charge is 0.378 e. The molecule has 4 heterocycles. The van der Waals surface area contributed by atoms with Crippen LogP contribution < -0.4 is 9.80 Å². The van der Waals surface area contributed by atoms with Gasteiger partial charge in [0.1, 0.15) is 0 Å². The fraction of sp³-hybridized carbons (Fsp3) is 0.476. The monoisotopic (exact) mass is 379 g/mol. The van der Waals surface area contributed by atoms with Gasteiger partial charge in [-0.2, -0.15) is 0 Å². The Balaban J connectivity index is 1.46. The number of hydrogen-bond donors (Lipinski definition) is 0. The predicted octanol–water partition coefficient (Wildman–Crippen LogP) is 1.20. The van der Waals surface area contributed by atoms with E-state index in [2.05, 4.69) is 44.0 Å². The van der Waals surface area contributed by atoms with E-state index in [-0.39, 0.29) is 17.9 Å². The second kappa shape index (κ2) is 7.39. The molecule has 0 N–H and O–H groups in total. The molecule has 2 aromatic rings. The lowest BCUT2D eigenvalue weighted by molar-refractivity contribution is -0.140. The fourth-order valence-corrected chi connectivity index (χ4v) is 4.70. The number of fused-ring (bicyclic) bond motifs is 3. The van der Waals surface area contributed by atoms with Crippen molar-refractivity contribution in [3.8, 4) is 0 Å². The number of amides is 1. The Morgan fingerprint density at radius 3 is 2.61 bits per heavy atom. The van der Waals surface area contributed by atoms with E-state index in [0.717, 1.165) is 32.0 Å². The van der Waals surface area contributed by atoms with E-state index in [1.807, 2.05) is 11.0 Å². The number of hydrogen-bond acceptors (Lipinski definition) is 6. The van der Waals surface area contributed by atoms with Gasteiger partial charge in [0.05, 0.1) is 25.2 Å². The predicted molar refractivity (Wildman–Crippen MR) is 106 cm³/mol. The van der Waals surface area contributed by atoms with Crippen LogP contribution in [0.15, 0.2) is 42.7 Å².